The maximum Gasteiger partial charge on any atom is 0.222 e. The summed E-state index contributed by atoms with van der Waals surface area (Å²) in [6, 6.07) is 10.4. The van der Waals surface area contributed by atoms with Gasteiger partial charge in [-0.2, -0.15) is 5.10 Å². The van der Waals surface area contributed by atoms with Gasteiger partial charge in [0, 0.05) is 31.8 Å². The van der Waals surface area contributed by atoms with Crippen molar-refractivity contribution in [2.75, 3.05) is 13.1 Å². The van der Waals surface area contributed by atoms with Crippen molar-refractivity contribution >= 4 is 5.91 Å². The van der Waals surface area contributed by atoms with Crippen LogP contribution in [0.3, 0.4) is 0 Å². The molecule has 3 rings (SSSR count). The molecule has 1 aliphatic rings. The number of hydrogen-bond donors (Lipinski definition) is 1. The van der Waals surface area contributed by atoms with Gasteiger partial charge in [-0.3, -0.25) is 9.89 Å². The summed E-state index contributed by atoms with van der Waals surface area (Å²) in [7, 11) is 0. The van der Waals surface area contributed by atoms with E-state index in [-0.39, 0.29) is 11.8 Å². The molecule has 0 bridgehead atoms. The van der Waals surface area contributed by atoms with Crippen LogP contribution in [0.4, 0.5) is 0 Å². The summed E-state index contributed by atoms with van der Waals surface area (Å²) in [5.74, 6) is 2.33. The predicted molar refractivity (Wildman–Crippen MR) is 89.1 cm³/mol. The van der Waals surface area contributed by atoms with E-state index in [0.717, 1.165) is 50.4 Å². The number of carbonyl (C=O) groups excluding carboxylic acids is 1. The molecule has 0 aliphatic carbocycles. The Hall–Kier alpha value is -2.17. The lowest BCUT2D eigenvalue weighted by molar-refractivity contribution is -0.133. The molecule has 0 radical (unpaired) electrons. The molecule has 2 heterocycles. The molecule has 0 saturated carbocycles. The number of aryl methyl sites for hydroxylation is 2. The SMILES string of the molecule is CCCN1CC(c2n[nH]c(CCc3ccccc3)n2)CCC1=O. The zero-order chi connectivity index (χ0) is 16.1. The van der Waals surface area contributed by atoms with Crippen molar-refractivity contribution < 1.29 is 4.79 Å². The maximum atomic E-state index is 11.9. The first-order valence-corrected chi connectivity index (χ1v) is 8.49. The van der Waals surface area contributed by atoms with Crippen LogP contribution in [0.15, 0.2) is 30.3 Å². The highest BCUT2D eigenvalue weighted by Crippen LogP contribution is 2.25. The van der Waals surface area contributed by atoms with Crippen LogP contribution in [0, 0.1) is 0 Å². The number of rotatable bonds is 6. The Balaban J connectivity index is 1.59. The number of likely N-dealkylation sites (tertiary alicyclic amines) is 1. The molecule has 1 unspecified atom stereocenters. The molecule has 1 amide bonds. The van der Waals surface area contributed by atoms with Crippen molar-refractivity contribution in [1.29, 1.82) is 0 Å². The Morgan fingerprint density at radius 3 is 2.87 bits per heavy atom. The van der Waals surface area contributed by atoms with E-state index in [1.165, 1.54) is 5.56 Å². The number of carbonyl (C=O) groups is 1. The summed E-state index contributed by atoms with van der Waals surface area (Å²) in [5.41, 5.74) is 1.31. The number of nitrogens with zero attached hydrogens (tertiary/aromatic N) is 3. The molecule has 1 N–H and O–H groups in total. The van der Waals surface area contributed by atoms with Gasteiger partial charge in [-0.25, -0.2) is 4.98 Å². The third-order valence-electron chi connectivity index (χ3n) is 4.40. The number of benzene rings is 1. The largest absolute Gasteiger partial charge is 0.342 e. The van der Waals surface area contributed by atoms with Crippen LogP contribution < -0.4 is 0 Å². The van der Waals surface area contributed by atoms with Crippen LogP contribution in [0.2, 0.25) is 0 Å². The minimum Gasteiger partial charge on any atom is -0.342 e. The molecule has 1 fully saturated rings. The van der Waals surface area contributed by atoms with Crippen molar-refractivity contribution in [3.8, 4) is 0 Å². The van der Waals surface area contributed by atoms with E-state index in [9.17, 15) is 4.79 Å². The Kier molecular flexibility index (Phi) is 5.05. The third-order valence-corrected chi connectivity index (χ3v) is 4.40. The van der Waals surface area contributed by atoms with Gasteiger partial charge >= 0.3 is 0 Å². The minimum absolute atomic E-state index is 0.265. The second kappa shape index (κ2) is 7.40. The molecule has 5 nitrogen and oxygen atoms in total. The molecular formula is C18H24N4O. The van der Waals surface area contributed by atoms with Crippen molar-refractivity contribution in [3.63, 3.8) is 0 Å². The number of piperidine rings is 1. The highest BCUT2D eigenvalue weighted by molar-refractivity contribution is 5.77. The van der Waals surface area contributed by atoms with Crippen molar-refractivity contribution in [2.45, 2.75) is 44.9 Å². The van der Waals surface area contributed by atoms with E-state index in [1.807, 2.05) is 11.0 Å². The van der Waals surface area contributed by atoms with Gasteiger partial charge in [0.1, 0.15) is 5.82 Å². The predicted octanol–water partition coefficient (Wildman–Crippen LogP) is 2.71. The van der Waals surface area contributed by atoms with Crippen LogP contribution >= 0.6 is 0 Å². The molecule has 1 atom stereocenters. The summed E-state index contributed by atoms with van der Waals surface area (Å²) in [4.78, 5) is 18.5. The molecule has 2 aromatic rings. The highest BCUT2D eigenvalue weighted by Gasteiger charge is 2.28. The first-order chi connectivity index (χ1) is 11.3. The van der Waals surface area contributed by atoms with Gasteiger partial charge in [0.05, 0.1) is 0 Å². The summed E-state index contributed by atoms with van der Waals surface area (Å²) < 4.78 is 0. The Labute approximate surface area is 137 Å². The maximum absolute atomic E-state index is 11.9. The van der Waals surface area contributed by atoms with E-state index in [0.29, 0.717) is 6.42 Å². The van der Waals surface area contributed by atoms with E-state index >= 15 is 0 Å². The molecular weight excluding hydrogens is 288 g/mol. The second-order valence-corrected chi connectivity index (χ2v) is 6.20. The number of aromatic amines is 1. The van der Waals surface area contributed by atoms with Crippen LogP contribution in [0.5, 0.6) is 0 Å². The number of hydrogen-bond acceptors (Lipinski definition) is 3. The van der Waals surface area contributed by atoms with Gasteiger partial charge < -0.3 is 4.90 Å². The average molecular weight is 312 g/mol. The van der Waals surface area contributed by atoms with E-state index in [2.05, 4.69) is 46.4 Å². The quantitative estimate of drug-likeness (QED) is 0.892. The third kappa shape index (κ3) is 3.97. The Bertz CT molecular complexity index is 637. The van der Waals surface area contributed by atoms with Crippen molar-refractivity contribution in [1.82, 2.24) is 20.1 Å². The van der Waals surface area contributed by atoms with Crippen molar-refractivity contribution in [3.05, 3.63) is 47.5 Å². The first-order valence-electron chi connectivity index (χ1n) is 8.49. The van der Waals surface area contributed by atoms with Gasteiger partial charge in [0.15, 0.2) is 5.82 Å². The fraction of sp³-hybridized carbons (Fsp3) is 0.500. The molecule has 122 valence electrons. The molecule has 1 aromatic heterocycles. The van der Waals surface area contributed by atoms with Gasteiger partial charge in [0.2, 0.25) is 5.91 Å². The van der Waals surface area contributed by atoms with Gasteiger partial charge in [-0.05, 0) is 24.8 Å². The molecule has 1 aliphatic heterocycles. The zero-order valence-corrected chi connectivity index (χ0v) is 13.7. The number of nitrogens with one attached hydrogen (secondary N) is 1. The van der Waals surface area contributed by atoms with Gasteiger partial charge in [-0.15, -0.1) is 0 Å². The van der Waals surface area contributed by atoms with Crippen LogP contribution in [0.1, 0.15) is 49.3 Å². The summed E-state index contributed by atoms with van der Waals surface area (Å²) >= 11 is 0. The first kappa shape index (κ1) is 15.7. The van der Waals surface area contributed by atoms with Crippen LogP contribution in [-0.4, -0.2) is 39.1 Å². The number of H-pyrrole nitrogens is 1. The lowest BCUT2D eigenvalue weighted by atomic mass is 9.96. The van der Waals surface area contributed by atoms with E-state index in [1.54, 1.807) is 0 Å². The number of aromatic nitrogens is 3. The molecule has 23 heavy (non-hydrogen) atoms. The standard InChI is InChI=1S/C18H24N4O/c1-2-12-22-13-15(9-11-17(22)23)18-19-16(20-21-18)10-8-14-6-4-3-5-7-14/h3-7,15H,2,8-13H2,1H3,(H,19,20,21). The monoisotopic (exact) mass is 312 g/mol. The molecule has 1 saturated heterocycles. The average Bonchev–Trinajstić information content (AvgIpc) is 3.05. The van der Waals surface area contributed by atoms with Gasteiger partial charge in [-0.1, -0.05) is 37.3 Å². The number of amides is 1. The summed E-state index contributed by atoms with van der Waals surface area (Å²) in [5, 5.41) is 7.46. The van der Waals surface area contributed by atoms with Crippen molar-refractivity contribution in [2.24, 2.45) is 0 Å². The van der Waals surface area contributed by atoms with E-state index in [4.69, 9.17) is 0 Å². The Morgan fingerprint density at radius 2 is 2.09 bits per heavy atom. The topological polar surface area (TPSA) is 61.9 Å². The lowest BCUT2D eigenvalue weighted by Crippen LogP contribution is -2.39. The molecule has 5 heteroatoms. The van der Waals surface area contributed by atoms with Crippen LogP contribution in [0.25, 0.3) is 0 Å². The Morgan fingerprint density at radius 1 is 1.26 bits per heavy atom. The smallest absolute Gasteiger partial charge is 0.222 e. The summed E-state index contributed by atoms with van der Waals surface area (Å²) in [6.07, 6.45) is 4.28. The summed E-state index contributed by atoms with van der Waals surface area (Å²) in [6.45, 7) is 3.69. The second-order valence-electron chi connectivity index (χ2n) is 6.20. The highest BCUT2D eigenvalue weighted by atomic mass is 16.2. The van der Waals surface area contributed by atoms with Crippen LogP contribution in [-0.2, 0) is 17.6 Å². The zero-order valence-electron chi connectivity index (χ0n) is 13.7. The lowest BCUT2D eigenvalue weighted by Gasteiger charge is -2.31. The minimum atomic E-state index is 0.265. The normalized spacial score (nSPS) is 18.4. The van der Waals surface area contributed by atoms with Gasteiger partial charge in [0.25, 0.3) is 0 Å². The molecule has 0 spiro atoms. The fourth-order valence-corrected chi connectivity index (χ4v) is 3.12. The fourth-order valence-electron chi connectivity index (χ4n) is 3.12. The van der Waals surface area contributed by atoms with E-state index < -0.39 is 0 Å². The molecule has 1 aromatic carbocycles.